The third-order valence-electron chi connectivity index (χ3n) is 11.1. The molecule has 2 unspecified atom stereocenters. The number of urea groups is 2. The molecule has 0 fully saturated rings. The largest absolute Gasteiger partial charge is 0.573 e. The summed E-state index contributed by atoms with van der Waals surface area (Å²) in [5.74, 6) is -5.39. The predicted molar refractivity (Wildman–Crippen MR) is 259 cm³/mol. The van der Waals surface area contributed by atoms with E-state index in [0.29, 0.717) is 11.1 Å². The molecule has 74 heavy (non-hydrogen) atoms. The van der Waals surface area contributed by atoms with E-state index < -0.39 is 120 Å². The number of ether oxygens (including phenoxy) is 2. The maximum atomic E-state index is 14.1. The molecule has 402 valence electrons. The number of carbonyl (C=O) groups is 6. The van der Waals surface area contributed by atoms with Gasteiger partial charge in [-0.25, -0.2) is 9.59 Å². The van der Waals surface area contributed by atoms with Gasteiger partial charge in [0.05, 0.1) is 12.1 Å². The first-order chi connectivity index (χ1) is 34.7. The van der Waals surface area contributed by atoms with Crippen LogP contribution in [-0.4, -0.2) is 107 Å². The van der Waals surface area contributed by atoms with Crippen molar-refractivity contribution in [3.05, 3.63) is 120 Å². The van der Waals surface area contributed by atoms with Gasteiger partial charge in [-0.3, -0.25) is 19.2 Å². The number of alkyl halides is 6. The van der Waals surface area contributed by atoms with Crippen molar-refractivity contribution in [3.8, 4) is 11.5 Å². The van der Waals surface area contributed by atoms with Crippen LogP contribution in [0.2, 0.25) is 0 Å². The predicted octanol–water partition coefficient (Wildman–Crippen LogP) is 5.66. The van der Waals surface area contributed by atoms with E-state index in [1.165, 1.54) is 13.8 Å². The van der Waals surface area contributed by atoms with E-state index >= 15 is 0 Å². The molecular formula is C50H60F6N8O10. The number of anilines is 2. The van der Waals surface area contributed by atoms with Crippen LogP contribution >= 0.6 is 0 Å². The standard InChI is InChI=1S/C50H60F6N8O10/c1-27(2)39(63-43(67)29(5)57-47(71)59-33-17-21-35(22-18-33)73-49(51,52)53)45(69)61-37(25-31-13-9-7-10-14-31)41(65)42(66)38(26-32-15-11-8-12-16-32)62-46(70)40(28(3)4)64-44(68)30(6)58-48(72)60-34-19-23-36(24-20-34)74-50(54,55)56/h7-24,27-30,37-42,65-66H,25-26H2,1-6H3,(H,61,69)(H,62,70)(H,63,67)(H,64,68)(H2,57,59,71)(H2,58,60,72)/t29-,30-,37-,38-,39-,40-,41?,42?/m0/s1. The normalized spacial score (nSPS) is 14.9. The van der Waals surface area contributed by atoms with E-state index in [1.807, 2.05) is 0 Å². The summed E-state index contributed by atoms with van der Waals surface area (Å²) in [5, 5.41) is 44.4. The zero-order valence-electron chi connectivity index (χ0n) is 41.0. The SMILES string of the molecule is CC(C)[C@H](NC(=O)[C@H](C)NC(=O)Nc1ccc(OC(F)(F)F)cc1)C(=O)N[C@@H](Cc1ccccc1)C(O)C(O)[C@H](Cc1ccccc1)NC(=O)[C@@H](NC(=O)[C@H](C)NC(=O)Nc1ccc(OC(F)(F)F)cc1)C(C)C. The molecule has 0 aliphatic carbocycles. The van der Waals surface area contributed by atoms with Gasteiger partial charge in [0.2, 0.25) is 23.6 Å². The topological polar surface area (TPSA) is 258 Å². The van der Waals surface area contributed by atoms with Gasteiger partial charge in [-0.1, -0.05) is 88.4 Å². The summed E-state index contributed by atoms with van der Waals surface area (Å²) in [6, 6.07) is 16.3. The molecule has 0 aromatic heterocycles. The van der Waals surface area contributed by atoms with Gasteiger partial charge in [-0.15, -0.1) is 26.3 Å². The Hall–Kier alpha value is -7.60. The molecule has 0 saturated heterocycles. The molecule has 0 saturated carbocycles. The number of rotatable bonds is 23. The van der Waals surface area contributed by atoms with Crippen molar-refractivity contribution in [1.82, 2.24) is 31.9 Å². The lowest BCUT2D eigenvalue weighted by Gasteiger charge is -2.35. The minimum absolute atomic E-state index is 0.0576. The first-order valence-corrected chi connectivity index (χ1v) is 23.2. The molecule has 0 bridgehead atoms. The van der Waals surface area contributed by atoms with E-state index in [1.54, 1.807) is 88.4 Å². The molecule has 18 nitrogen and oxygen atoms in total. The van der Waals surface area contributed by atoms with Crippen LogP contribution in [0.3, 0.4) is 0 Å². The Balaban J connectivity index is 1.48. The fourth-order valence-electron chi connectivity index (χ4n) is 7.24. The Morgan fingerprint density at radius 2 is 0.757 bits per heavy atom. The number of carbonyl (C=O) groups excluding carboxylic acids is 6. The number of aliphatic hydroxyl groups excluding tert-OH is 2. The average Bonchev–Trinajstić information content (AvgIpc) is 3.31. The number of hydrogen-bond donors (Lipinski definition) is 10. The van der Waals surface area contributed by atoms with Crippen LogP contribution < -0.4 is 52.0 Å². The number of aliphatic hydroxyl groups is 2. The highest BCUT2D eigenvalue weighted by molar-refractivity contribution is 5.96. The van der Waals surface area contributed by atoms with Crippen LogP contribution in [0.1, 0.15) is 52.7 Å². The second-order valence-electron chi connectivity index (χ2n) is 17.8. The molecule has 0 aliphatic heterocycles. The van der Waals surface area contributed by atoms with Crippen LogP contribution in [0, 0.1) is 11.8 Å². The molecular weight excluding hydrogens is 987 g/mol. The van der Waals surface area contributed by atoms with E-state index in [2.05, 4.69) is 52.0 Å². The highest BCUT2D eigenvalue weighted by Gasteiger charge is 2.38. The van der Waals surface area contributed by atoms with Gasteiger partial charge >= 0.3 is 24.8 Å². The fourth-order valence-corrected chi connectivity index (χ4v) is 7.24. The number of amides is 8. The second-order valence-corrected chi connectivity index (χ2v) is 17.8. The highest BCUT2D eigenvalue weighted by Crippen LogP contribution is 2.25. The summed E-state index contributed by atoms with van der Waals surface area (Å²) in [7, 11) is 0. The molecule has 24 heteroatoms. The third-order valence-corrected chi connectivity index (χ3v) is 11.1. The molecule has 8 amide bonds. The monoisotopic (exact) mass is 1050 g/mol. The van der Waals surface area contributed by atoms with E-state index in [4.69, 9.17) is 0 Å². The molecule has 0 spiro atoms. The molecule has 0 radical (unpaired) electrons. The molecule has 0 heterocycles. The summed E-state index contributed by atoms with van der Waals surface area (Å²) in [6.07, 6.45) is -13.6. The van der Waals surface area contributed by atoms with Gasteiger partial charge in [0.25, 0.3) is 0 Å². The number of hydrogen-bond acceptors (Lipinski definition) is 10. The van der Waals surface area contributed by atoms with E-state index in [9.17, 15) is 65.3 Å². The van der Waals surface area contributed by atoms with E-state index in [0.717, 1.165) is 48.5 Å². The smallest absolute Gasteiger partial charge is 0.406 e. The first kappa shape index (κ1) is 59.0. The number of nitrogens with one attached hydrogen (secondary N) is 8. The molecule has 10 N–H and O–H groups in total. The summed E-state index contributed by atoms with van der Waals surface area (Å²) in [5.41, 5.74) is 1.39. The van der Waals surface area contributed by atoms with Crippen LogP contribution in [-0.2, 0) is 32.0 Å². The molecule has 0 aliphatic rings. The van der Waals surface area contributed by atoms with E-state index in [-0.39, 0.29) is 24.2 Å². The van der Waals surface area contributed by atoms with Gasteiger partial charge in [0.15, 0.2) is 0 Å². The van der Waals surface area contributed by atoms with Crippen LogP contribution in [0.25, 0.3) is 0 Å². The Kier molecular flexibility index (Phi) is 21.4. The summed E-state index contributed by atoms with van der Waals surface area (Å²) >= 11 is 0. The number of benzene rings is 4. The summed E-state index contributed by atoms with van der Waals surface area (Å²) in [6.45, 7) is 9.16. The first-order valence-electron chi connectivity index (χ1n) is 23.2. The summed E-state index contributed by atoms with van der Waals surface area (Å²) < 4.78 is 83.0. The van der Waals surface area contributed by atoms with Crippen molar-refractivity contribution in [1.29, 1.82) is 0 Å². The molecule has 8 atom stereocenters. The zero-order valence-corrected chi connectivity index (χ0v) is 41.0. The highest BCUT2D eigenvalue weighted by atomic mass is 19.4. The van der Waals surface area contributed by atoms with Crippen molar-refractivity contribution in [2.45, 2.75) is 116 Å². The quantitative estimate of drug-likeness (QED) is 0.0408. The Bertz CT molecular complexity index is 2300. The Morgan fingerprint density at radius 1 is 0.446 bits per heavy atom. The molecule has 4 aromatic carbocycles. The van der Waals surface area contributed by atoms with Crippen molar-refractivity contribution < 1.29 is 74.8 Å². The van der Waals surface area contributed by atoms with Gasteiger partial charge in [-0.2, -0.15) is 0 Å². The molecule has 4 rings (SSSR count). The summed E-state index contributed by atoms with van der Waals surface area (Å²) in [4.78, 5) is 80.6. The Labute approximate surface area is 422 Å². The van der Waals surface area contributed by atoms with Gasteiger partial charge in [0, 0.05) is 11.4 Å². The van der Waals surface area contributed by atoms with Crippen molar-refractivity contribution in [3.63, 3.8) is 0 Å². The molecule has 4 aromatic rings. The number of halogens is 6. The lowest BCUT2D eigenvalue weighted by atomic mass is 9.90. The minimum atomic E-state index is -4.92. The maximum Gasteiger partial charge on any atom is 0.573 e. The van der Waals surface area contributed by atoms with Gasteiger partial charge in [0.1, 0.15) is 47.9 Å². The minimum Gasteiger partial charge on any atom is -0.406 e. The van der Waals surface area contributed by atoms with Gasteiger partial charge < -0.3 is 62.2 Å². The Morgan fingerprint density at radius 3 is 1.04 bits per heavy atom. The van der Waals surface area contributed by atoms with Crippen molar-refractivity contribution in [2.24, 2.45) is 11.8 Å². The third kappa shape index (κ3) is 19.8. The lowest BCUT2D eigenvalue weighted by Crippen LogP contribution is -2.62. The second kappa shape index (κ2) is 26.9. The maximum absolute atomic E-state index is 14.1. The fraction of sp³-hybridized carbons (Fsp3) is 0.400. The lowest BCUT2D eigenvalue weighted by molar-refractivity contribution is -0.275. The van der Waals surface area contributed by atoms with Crippen LogP contribution in [0.5, 0.6) is 11.5 Å². The van der Waals surface area contributed by atoms with Crippen LogP contribution in [0.15, 0.2) is 109 Å². The van der Waals surface area contributed by atoms with Crippen LogP contribution in [0.4, 0.5) is 47.3 Å². The van der Waals surface area contributed by atoms with Gasteiger partial charge in [-0.05, 0) is 98.2 Å². The zero-order chi connectivity index (χ0) is 54.9. The van der Waals surface area contributed by atoms with Crippen molar-refractivity contribution >= 4 is 47.1 Å². The average molecular weight is 1050 g/mol. The van der Waals surface area contributed by atoms with Crippen molar-refractivity contribution in [2.75, 3.05) is 10.6 Å².